The molecule has 8 heteroatoms. The Kier molecular flexibility index (Phi) is 5.33. The van der Waals surface area contributed by atoms with E-state index in [4.69, 9.17) is 5.73 Å². The number of nitrogens with zero attached hydrogens (tertiary/aromatic N) is 5. The van der Waals surface area contributed by atoms with Crippen LogP contribution in [0.25, 0.3) is 0 Å². The first-order valence-electron chi connectivity index (χ1n) is 6.67. The van der Waals surface area contributed by atoms with Crippen molar-refractivity contribution < 1.29 is 0 Å². The third-order valence-corrected chi connectivity index (χ3v) is 4.29. The summed E-state index contributed by atoms with van der Waals surface area (Å²) < 4.78 is 0. The van der Waals surface area contributed by atoms with Crippen LogP contribution in [-0.4, -0.2) is 46.0 Å². The molecule has 1 saturated heterocycles. The fourth-order valence-electron chi connectivity index (χ4n) is 2.44. The fraction of sp³-hybridized carbons (Fsp3) is 0.462. The number of nitrogen functional groups attached to an aromatic ring is 1. The first-order chi connectivity index (χ1) is 9.72. The maximum atomic E-state index is 5.66. The summed E-state index contributed by atoms with van der Waals surface area (Å²) in [6, 6.07) is 0. The predicted octanol–water partition coefficient (Wildman–Crippen LogP) is 1.57. The lowest BCUT2D eigenvalue weighted by molar-refractivity contribution is 0.251. The summed E-state index contributed by atoms with van der Waals surface area (Å²) in [4.78, 5) is 18.8. The predicted molar refractivity (Wildman–Crippen MR) is 88.0 cm³/mol. The van der Waals surface area contributed by atoms with E-state index in [-0.39, 0.29) is 12.4 Å². The third-order valence-electron chi connectivity index (χ3n) is 3.48. The summed E-state index contributed by atoms with van der Waals surface area (Å²) >= 11 is 1.57. The maximum Gasteiger partial charge on any atom is 0.180 e. The van der Waals surface area contributed by atoms with Gasteiger partial charge in [-0.05, 0) is 6.92 Å². The highest BCUT2D eigenvalue weighted by atomic mass is 35.5. The third kappa shape index (κ3) is 3.81. The van der Waals surface area contributed by atoms with Crippen LogP contribution in [0.2, 0.25) is 0 Å². The van der Waals surface area contributed by atoms with E-state index < -0.39 is 0 Å². The Labute approximate surface area is 134 Å². The zero-order chi connectivity index (χ0) is 13.9. The Hall–Kier alpha value is -1.44. The van der Waals surface area contributed by atoms with Gasteiger partial charge in [0, 0.05) is 56.2 Å². The number of anilines is 2. The van der Waals surface area contributed by atoms with Crippen molar-refractivity contribution in [2.75, 3.05) is 36.8 Å². The van der Waals surface area contributed by atoms with Crippen molar-refractivity contribution in [1.29, 1.82) is 0 Å². The number of aromatic nitrogens is 3. The Balaban J connectivity index is 0.00000161. The molecule has 0 aliphatic carbocycles. The second-order valence-electron chi connectivity index (χ2n) is 4.89. The van der Waals surface area contributed by atoms with Gasteiger partial charge in [-0.2, -0.15) is 0 Å². The van der Waals surface area contributed by atoms with Gasteiger partial charge in [-0.1, -0.05) is 0 Å². The summed E-state index contributed by atoms with van der Waals surface area (Å²) in [7, 11) is 0. The van der Waals surface area contributed by atoms with E-state index in [1.54, 1.807) is 23.7 Å². The summed E-state index contributed by atoms with van der Waals surface area (Å²) in [5.41, 5.74) is 6.66. The highest BCUT2D eigenvalue weighted by Crippen LogP contribution is 2.19. The van der Waals surface area contributed by atoms with Crippen molar-refractivity contribution in [2.45, 2.75) is 13.5 Å². The molecule has 6 nitrogen and oxygen atoms in total. The van der Waals surface area contributed by atoms with E-state index in [1.807, 2.05) is 13.1 Å². The van der Waals surface area contributed by atoms with Gasteiger partial charge in [0.15, 0.2) is 5.13 Å². The molecule has 2 aromatic rings. The molecule has 1 aliphatic heterocycles. The van der Waals surface area contributed by atoms with Crippen LogP contribution >= 0.6 is 23.7 Å². The zero-order valence-corrected chi connectivity index (χ0v) is 13.5. The second-order valence-corrected chi connectivity index (χ2v) is 6.04. The summed E-state index contributed by atoms with van der Waals surface area (Å²) in [5.74, 6) is 1.01. The fourth-order valence-corrected chi connectivity index (χ4v) is 3.17. The minimum absolute atomic E-state index is 0. The summed E-state index contributed by atoms with van der Waals surface area (Å²) in [6.07, 6.45) is 5.37. The monoisotopic (exact) mass is 326 g/mol. The van der Waals surface area contributed by atoms with Gasteiger partial charge in [0.1, 0.15) is 5.82 Å². The van der Waals surface area contributed by atoms with Gasteiger partial charge >= 0.3 is 0 Å². The van der Waals surface area contributed by atoms with Gasteiger partial charge in [0.25, 0.3) is 0 Å². The van der Waals surface area contributed by atoms with Crippen LogP contribution in [0.4, 0.5) is 10.9 Å². The molecule has 21 heavy (non-hydrogen) atoms. The number of aryl methyl sites for hydroxylation is 1. The van der Waals surface area contributed by atoms with Crippen LogP contribution in [0.1, 0.15) is 10.6 Å². The Morgan fingerprint density at radius 2 is 1.86 bits per heavy atom. The van der Waals surface area contributed by atoms with Crippen LogP contribution in [0.3, 0.4) is 0 Å². The van der Waals surface area contributed by atoms with Gasteiger partial charge in [-0.15, -0.1) is 23.7 Å². The van der Waals surface area contributed by atoms with E-state index >= 15 is 0 Å². The smallest absolute Gasteiger partial charge is 0.180 e. The largest absolute Gasteiger partial charge is 0.375 e. The molecule has 2 aromatic heterocycles. The minimum Gasteiger partial charge on any atom is -0.375 e. The van der Waals surface area contributed by atoms with Gasteiger partial charge in [0.2, 0.25) is 0 Å². The van der Waals surface area contributed by atoms with Gasteiger partial charge < -0.3 is 10.6 Å². The van der Waals surface area contributed by atoms with E-state index in [2.05, 4.69) is 24.8 Å². The normalized spacial score (nSPS) is 15.8. The second kappa shape index (κ2) is 7.02. The Bertz CT molecular complexity index is 582. The SMILES string of the molecule is Cc1nccnc1N1CCN(Cc2cnc(N)s2)CC1.Cl. The average molecular weight is 327 g/mol. The first-order valence-corrected chi connectivity index (χ1v) is 7.49. The Morgan fingerprint density at radius 3 is 2.48 bits per heavy atom. The van der Waals surface area contributed by atoms with Crippen LogP contribution in [-0.2, 0) is 6.54 Å². The molecule has 0 saturated carbocycles. The van der Waals surface area contributed by atoms with Crippen molar-refractivity contribution in [3.8, 4) is 0 Å². The molecule has 0 unspecified atom stereocenters. The number of piperazine rings is 1. The number of halogens is 1. The number of hydrogen-bond donors (Lipinski definition) is 1. The van der Waals surface area contributed by atoms with Crippen LogP contribution in [0.15, 0.2) is 18.6 Å². The van der Waals surface area contributed by atoms with Gasteiger partial charge in [-0.25, -0.2) is 9.97 Å². The van der Waals surface area contributed by atoms with Crippen molar-refractivity contribution in [3.63, 3.8) is 0 Å². The van der Waals surface area contributed by atoms with Crippen LogP contribution in [0.5, 0.6) is 0 Å². The van der Waals surface area contributed by atoms with Crippen molar-refractivity contribution in [3.05, 3.63) is 29.2 Å². The number of rotatable bonds is 3. The van der Waals surface area contributed by atoms with Crippen molar-refractivity contribution in [2.24, 2.45) is 0 Å². The lowest BCUT2D eigenvalue weighted by Gasteiger charge is -2.35. The van der Waals surface area contributed by atoms with Crippen molar-refractivity contribution >= 4 is 34.7 Å². The Morgan fingerprint density at radius 1 is 1.14 bits per heavy atom. The molecule has 3 heterocycles. The van der Waals surface area contributed by atoms with E-state index in [0.717, 1.165) is 44.2 Å². The molecule has 0 spiro atoms. The first kappa shape index (κ1) is 15.9. The standard InChI is InChI=1S/C13H18N6S.ClH/c1-10-12(16-3-2-15-10)19-6-4-18(5-7-19)9-11-8-17-13(14)20-11;/h2-3,8H,4-7,9H2,1H3,(H2,14,17);1H. The molecule has 0 amide bonds. The molecule has 1 aliphatic rings. The van der Waals surface area contributed by atoms with Gasteiger partial charge in [0.05, 0.1) is 5.69 Å². The lowest BCUT2D eigenvalue weighted by atomic mass is 10.3. The average Bonchev–Trinajstić information content (AvgIpc) is 2.86. The lowest BCUT2D eigenvalue weighted by Crippen LogP contribution is -2.46. The molecule has 0 atom stereocenters. The van der Waals surface area contributed by atoms with E-state index in [1.165, 1.54) is 4.88 Å². The van der Waals surface area contributed by atoms with Crippen molar-refractivity contribution in [1.82, 2.24) is 19.9 Å². The molecule has 3 rings (SSSR count). The quantitative estimate of drug-likeness (QED) is 0.923. The van der Waals surface area contributed by atoms with E-state index in [9.17, 15) is 0 Å². The zero-order valence-electron chi connectivity index (χ0n) is 11.9. The van der Waals surface area contributed by atoms with Crippen LogP contribution in [0, 0.1) is 6.92 Å². The number of hydrogen-bond acceptors (Lipinski definition) is 7. The summed E-state index contributed by atoms with van der Waals surface area (Å²) in [5, 5.41) is 0.647. The molecule has 0 radical (unpaired) electrons. The molecule has 2 N–H and O–H groups in total. The molecular formula is C13H19ClN6S. The minimum atomic E-state index is 0. The summed E-state index contributed by atoms with van der Waals surface area (Å²) in [6.45, 7) is 6.94. The topological polar surface area (TPSA) is 71.2 Å². The molecule has 0 aromatic carbocycles. The van der Waals surface area contributed by atoms with Crippen LogP contribution < -0.4 is 10.6 Å². The maximum absolute atomic E-state index is 5.66. The van der Waals surface area contributed by atoms with Gasteiger partial charge in [-0.3, -0.25) is 9.88 Å². The number of thiazole rings is 1. The molecule has 114 valence electrons. The molecular weight excluding hydrogens is 308 g/mol. The van der Waals surface area contributed by atoms with E-state index in [0.29, 0.717) is 5.13 Å². The molecule has 0 bridgehead atoms. The highest BCUT2D eigenvalue weighted by molar-refractivity contribution is 7.15. The highest BCUT2D eigenvalue weighted by Gasteiger charge is 2.20. The number of nitrogens with two attached hydrogens (primary N) is 1. The molecule has 1 fully saturated rings.